The Hall–Kier alpha value is -3.90. The third kappa shape index (κ3) is 7.29. The summed E-state index contributed by atoms with van der Waals surface area (Å²) in [5.41, 5.74) is 6.84. The van der Waals surface area contributed by atoms with Crippen molar-refractivity contribution in [2.75, 3.05) is 6.54 Å². The number of hydrogen-bond acceptors (Lipinski definition) is 3. The van der Waals surface area contributed by atoms with Gasteiger partial charge in [0.2, 0.25) is 11.8 Å². The minimum absolute atomic E-state index is 0.0700. The number of carbonyl (C=O) groups is 2. The van der Waals surface area contributed by atoms with Gasteiger partial charge in [-0.2, -0.15) is 0 Å². The molecule has 0 bridgehead atoms. The predicted molar refractivity (Wildman–Crippen MR) is 137 cm³/mol. The average Bonchev–Trinajstić information content (AvgIpc) is 3.31. The van der Waals surface area contributed by atoms with E-state index in [-0.39, 0.29) is 24.8 Å². The highest BCUT2D eigenvalue weighted by Crippen LogP contribution is 2.18. The quantitative estimate of drug-likeness (QED) is 0.263. The molecule has 4 aromatic rings. The van der Waals surface area contributed by atoms with Crippen molar-refractivity contribution in [1.82, 2.24) is 15.8 Å². The van der Waals surface area contributed by atoms with Crippen LogP contribution in [-0.4, -0.2) is 23.3 Å². The highest BCUT2D eigenvalue weighted by molar-refractivity contribution is 5.86. The number of H-pyrrole nitrogens is 1. The lowest BCUT2D eigenvalue weighted by atomic mass is 9.95. The molecule has 1 aromatic heterocycles. The van der Waals surface area contributed by atoms with Gasteiger partial charge >= 0.3 is 0 Å². The maximum atomic E-state index is 13.0. The molecule has 180 valence electrons. The second-order valence-corrected chi connectivity index (χ2v) is 8.63. The highest BCUT2D eigenvalue weighted by atomic mass is 16.6. The minimum Gasteiger partial charge on any atom is -0.361 e. The summed E-state index contributed by atoms with van der Waals surface area (Å²) < 4.78 is 0. The first kappa shape index (κ1) is 24.2. The molecular weight excluding hydrogens is 438 g/mol. The molecule has 1 atom stereocenters. The minimum atomic E-state index is -0.446. The number of aromatic nitrogens is 1. The SMILES string of the molecule is O=C(CC(CCc1ccccc1)C(=O)NCCc1c[nH]c2ccccc12)NOCc1ccccc1. The first-order chi connectivity index (χ1) is 17.2. The van der Waals surface area contributed by atoms with Gasteiger partial charge in [0.1, 0.15) is 0 Å². The second-order valence-electron chi connectivity index (χ2n) is 8.63. The van der Waals surface area contributed by atoms with Gasteiger partial charge in [0.25, 0.3) is 0 Å². The summed E-state index contributed by atoms with van der Waals surface area (Å²) >= 11 is 0. The van der Waals surface area contributed by atoms with E-state index in [1.165, 1.54) is 0 Å². The van der Waals surface area contributed by atoms with E-state index in [2.05, 4.69) is 21.8 Å². The Kier molecular flexibility index (Phi) is 8.68. The van der Waals surface area contributed by atoms with E-state index in [4.69, 9.17) is 4.84 Å². The number of aryl methyl sites for hydroxylation is 1. The topological polar surface area (TPSA) is 83.2 Å². The second kappa shape index (κ2) is 12.5. The monoisotopic (exact) mass is 469 g/mol. The number of rotatable bonds is 12. The molecular formula is C29H31N3O3. The summed E-state index contributed by atoms with van der Waals surface area (Å²) in [5.74, 6) is -0.858. The van der Waals surface area contributed by atoms with Gasteiger partial charge in [-0.1, -0.05) is 78.9 Å². The van der Waals surface area contributed by atoms with Crippen molar-refractivity contribution in [1.29, 1.82) is 0 Å². The van der Waals surface area contributed by atoms with Crippen molar-refractivity contribution in [2.45, 2.75) is 32.3 Å². The zero-order chi connectivity index (χ0) is 24.3. The van der Waals surface area contributed by atoms with Gasteiger partial charge in [-0.25, -0.2) is 5.48 Å². The molecule has 6 heteroatoms. The van der Waals surface area contributed by atoms with Crippen molar-refractivity contribution in [3.63, 3.8) is 0 Å². The summed E-state index contributed by atoms with van der Waals surface area (Å²) in [7, 11) is 0. The molecule has 0 aliphatic carbocycles. The standard InChI is InChI=1S/C29H31N3O3/c33-28(32-35-21-23-11-5-2-6-12-23)19-24(16-15-22-9-3-1-4-10-22)29(34)30-18-17-25-20-31-27-14-8-7-13-26(25)27/h1-14,20,24,31H,15-19,21H2,(H,30,34)(H,32,33). The smallest absolute Gasteiger partial charge is 0.244 e. The Labute approximate surface area is 205 Å². The van der Waals surface area contributed by atoms with Crippen molar-refractivity contribution in [3.8, 4) is 0 Å². The van der Waals surface area contributed by atoms with Crippen molar-refractivity contribution in [3.05, 3.63) is 108 Å². The Bertz CT molecular complexity index is 1220. The van der Waals surface area contributed by atoms with Crippen LogP contribution in [0, 0.1) is 5.92 Å². The number of hydrogen-bond donors (Lipinski definition) is 3. The molecule has 0 fully saturated rings. The molecule has 1 heterocycles. The molecule has 1 unspecified atom stereocenters. The van der Waals surface area contributed by atoms with Crippen LogP contribution in [-0.2, 0) is 33.9 Å². The molecule has 0 spiro atoms. The summed E-state index contributed by atoms with van der Waals surface area (Å²) in [5, 5.41) is 4.20. The molecule has 0 saturated heterocycles. The van der Waals surface area contributed by atoms with Crippen molar-refractivity contribution in [2.24, 2.45) is 5.92 Å². The number of aromatic amines is 1. The van der Waals surface area contributed by atoms with E-state index >= 15 is 0 Å². The molecule has 2 amide bonds. The summed E-state index contributed by atoms with van der Waals surface area (Å²) in [6, 6.07) is 27.7. The summed E-state index contributed by atoms with van der Waals surface area (Å²) in [6.07, 6.45) is 4.07. The molecule has 35 heavy (non-hydrogen) atoms. The fourth-order valence-electron chi connectivity index (χ4n) is 4.15. The van der Waals surface area contributed by atoms with Crippen LogP contribution in [0.2, 0.25) is 0 Å². The third-order valence-corrected chi connectivity index (χ3v) is 6.06. The van der Waals surface area contributed by atoms with E-state index in [1.807, 2.05) is 85.1 Å². The van der Waals surface area contributed by atoms with Gasteiger partial charge < -0.3 is 10.3 Å². The number of amides is 2. The Balaban J connectivity index is 1.30. The van der Waals surface area contributed by atoms with E-state index in [1.54, 1.807) is 0 Å². The molecule has 6 nitrogen and oxygen atoms in total. The van der Waals surface area contributed by atoms with Crippen LogP contribution >= 0.6 is 0 Å². The molecule has 0 saturated carbocycles. The van der Waals surface area contributed by atoms with Crippen LogP contribution in [0.4, 0.5) is 0 Å². The third-order valence-electron chi connectivity index (χ3n) is 6.06. The Morgan fingerprint density at radius 2 is 1.51 bits per heavy atom. The fraction of sp³-hybridized carbons (Fsp3) is 0.241. The van der Waals surface area contributed by atoms with Crippen LogP contribution in [0.5, 0.6) is 0 Å². The molecule has 0 aliphatic rings. The van der Waals surface area contributed by atoms with Crippen LogP contribution < -0.4 is 10.8 Å². The Morgan fingerprint density at radius 1 is 0.829 bits per heavy atom. The zero-order valence-electron chi connectivity index (χ0n) is 19.7. The lowest BCUT2D eigenvalue weighted by Crippen LogP contribution is -2.36. The number of fused-ring (bicyclic) bond motifs is 1. The molecule has 4 rings (SSSR count). The first-order valence-corrected chi connectivity index (χ1v) is 12.0. The normalized spacial score (nSPS) is 11.8. The van der Waals surface area contributed by atoms with Gasteiger partial charge in [-0.15, -0.1) is 0 Å². The van der Waals surface area contributed by atoms with E-state index in [9.17, 15) is 9.59 Å². The molecule has 0 radical (unpaired) electrons. The van der Waals surface area contributed by atoms with Crippen LogP contribution in [0.1, 0.15) is 29.5 Å². The van der Waals surface area contributed by atoms with Gasteiger partial charge in [0, 0.05) is 36.0 Å². The summed E-state index contributed by atoms with van der Waals surface area (Å²) in [4.78, 5) is 34.2. The number of para-hydroxylation sites is 1. The van der Waals surface area contributed by atoms with Crippen molar-refractivity contribution < 1.29 is 14.4 Å². The van der Waals surface area contributed by atoms with Gasteiger partial charge in [0.15, 0.2) is 0 Å². The van der Waals surface area contributed by atoms with E-state index in [0.717, 1.165) is 34.0 Å². The van der Waals surface area contributed by atoms with Gasteiger partial charge in [-0.3, -0.25) is 14.4 Å². The number of nitrogens with one attached hydrogen (secondary N) is 3. The molecule has 3 N–H and O–H groups in total. The van der Waals surface area contributed by atoms with Gasteiger partial charge in [0.05, 0.1) is 6.61 Å². The lowest BCUT2D eigenvalue weighted by Gasteiger charge is -2.17. The summed E-state index contributed by atoms with van der Waals surface area (Å²) in [6.45, 7) is 0.784. The average molecular weight is 470 g/mol. The number of benzene rings is 3. The van der Waals surface area contributed by atoms with Crippen LogP contribution in [0.3, 0.4) is 0 Å². The van der Waals surface area contributed by atoms with E-state index in [0.29, 0.717) is 19.4 Å². The maximum absolute atomic E-state index is 13.0. The maximum Gasteiger partial charge on any atom is 0.244 e. The molecule has 0 aliphatic heterocycles. The zero-order valence-corrected chi connectivity index (χ0v) is 19.7. The largest absolute Gasteiger partial charge is 0.361 e. The number of carbonyl (C=O) groups excluding carboxylic acids is 2. The van der Waals surface area contributed by atoms with Crippen molar-refractivity contribution >= 4 is 22.7 Å². The van der Waals surface area contributed by atoms with Crippen LogP contribution in [0.15, 0.2) is 91.1 Å². The number of hydroxylamine groups is 1. The molecule has 3 aromatic carbocycles. The first-order valence-electron chi connectivity index (χ1n) is 12.0. The van der Waals surface area contributed by atoms with Gasteiger partial charge in [-0.05, 0) is 42.0 Å². The van der Waals surface area contributed by atoms with E-state index < -0.39 is 5.92 Å². The highest BCUT2D eigenvalue weighted by Gasteiger charge is 2.22. The predicted octanol–water partition coefficient (Wildman–Crippen LogP) is 4.71. The fourth-order valence-corrected chi connectivity index (χ4v) is 4.15. The van der Waals surface area contributed by atoms with Crippen LogP contribution in [0.25, 0.3) is 10.9 Å². The Morgan fingerprint density at radius 3 is 2.29 bits per heavy atom. The lowest BCUT2D eigenvalue weighted by molar-refractivity contribution is -0.138.